The van der Waals surface area contributed by atoms with E-state index in [0.29, 0.717) is 11.4 Å². The van der Waals surface area contributed by atoms with Crippen LogP contribution in [0.15, 0.2) is 30.3 Å². The van der Waals surface area contributed by atoms with Crippen molar-refractivity contribution in [1.29, 1.82) is 0 Å². The summed E-state index contributed by atoms with van der Waals surface area (Å²) in [6, 6.07) is 9.66. The molecule has 0 radical (unpaired) electrons. The second-order valence-electron chi connectivity index (χ2n) is 4.93. The van der Waals surface area contributed by atoms with E-state index in [0.717, 1.165) is 30.2 Å². The van der Waals surface area contributed by atoms with Crippen LogP contribution in [0.1, 0.15) is 12.8 Å². The van der Waals surface area contributed by atoms with E-state index in [4.69, 9.17) is 10.5 Å². The van der Waals surface area contributed by atoms with Gasteiger partial charge in [0, 0.05) is 18.7 Å². The molecule has 1 aromatic heterocycles. The van der Waals surface area contributed by atoms with Crippen LogP contribution in [0.4, 0.5) is 11.5 Å². The van der Waals surface area contributed by atoms with Gasteiger partial charge in [-0.2, -0.15) is 0 Å². The third kappa shape index (κ3) is 2.39. The molecule has 2 heterocycles. The molecule has 5 heteroatoms. The minimum absolute atomic E-state index is 0.607. The van der Waals surface area contributed by atoms with Crippen LogP contribution in [0.5, 0.6) is 5.75 Å². The predicted molar refractivity (Wildman–Crippen MR) is 79.9 cm³/mol. The number of hydrogen-bond donors (Lipinski definition) is 1. The third-order valence-electron chi connectivity index (χ3n) is 3.61. The van der Waals surface area contributed by atoms with Crippen molar-refractivity contribution >= 4 is 11.5 Å². The fourth-order valence-corrected chi connectivity index (χ4v) is 2.49. The van der Waals surface area contributed by atoms with Gasteiger partial charge in [0.1, 0.15) is 5.75 Å². The highest BCUT2D eigenvalue weighted by Crippen LogP contribution is 2.27. The molecule has 0 saturated carbocycles. The number of aromatic nitrogens is 2. The molecule has 1 fully saturated rings. The van der Waals surface area contributed by atoms with Crippen LogP contribution in [0.3, 0.4) is 0 Å². The van der Waals surface area contributed by atoms with E-state index in [-0.39, 0.29) is 0 Å². The SMILES string of the molecule is COc1ccc(-c2ccc(N3CCCC3)nn2)cc1N. The van der Waals surface area contributed by atoms with Gasteiger partial charge in [0.15, 0.2) is 5.82 Å². The Morgan fingerprint density at radius 2 is 1.90 bits per heavy atom. The molecule has 0 spiro atoms. The molecule has 1 aliphatic rings. The van der Waals surface area contributed by atoms with E-state index in [9.17, 15) is 0 Å². The van der Waals surface area contributed by atoms with Gasteiger partial charge in [-0.05, 0) is 43.2 Å². The van der Waals surface area contributed by atoms with E-state index in [1.54, 1.807) is 7.11 Å². The number of hydrogen-bond acceptors (Lipinski definition) is 5. The lowest BCUT2D eigenvalue weighted by Gasteiger charge is -2.15. The first-order valence-electron chi connectivity index (χ1n) is 6.80. The van der Waals surface area contributed by atoms with Crippen LogP contribution in [-0.4, -0.2) is 30.4 Å². The van der Waals surface area contributed by atoms with Crippen LogP contribution in [-0.2, 0) is 0 Å². The van der Waals surface area contributed by atoms with Crippen molar-refractivity contribution in [2.75, 3.05) is 30.8 Å². The van der Waals surface area contributed by atoms with Gasteiger partial charge >= 0.3 is 0 Å². The summed E-state index contributed by atoms with van der Waals surface area (Å²) < 4.78 is 5.15. The Hall–Kier alpha value is -2.30. The molecule has 0 aliphatic carbocycles. The lowest BCUT2D eigenvalue weighted by Crippen LogP contribution is -2.19. The number of ether oxygens (including phenoxy) is 1. The first-order valence-corrected chi connectivity index (χ1v) is 6.80. The zero-order valence-corrected chi connectivity index (χ0v) is 11.5. The monoisotopic (exact) mass is 270 g/mol. The van der Waals surface area contributed by atoms with Crippen molar-refractivity contribution < 1.29 is 4.74 Å². The summed E-state index contributed by atoms with van der Waals surface area (Å²) in [6.07, 6.45) is 2.47. The van der Waals surface area contributed by atoms with Gasteiger partial charge in [0.2, 0.25) is 0 Å². The zero-order valence-electron chi connectivity index (χ0n) is 11.5. The highest BCUT2D eigenvalue weighted by atomic mass is 16.5. The number of anilines is 2. The lowest BCUT2D eigenvalue weighted by atomic mass is 10.1. The Morgan fingerprint density at radius 3 is 2.50 bits per heavy atom. The molecule has 1 aromatic carbocycles. The van der Waals surface area contributed by atoms with Gasteiger partial charge < -0.3 is 15.4 Å². The van der Waals surface area contributed by atoms with Gasteiger partial charge in [-0.3, -0.25) is 0 Å². The van der Waals surface area contributed by atoms with Crippen LogP contribution < -0.4 is 15.4 Å². The van der Waals surface area contributed by atoms with Crippen LogP contribution in [0, 0.1) is 0 Å². The van der Waals surface area contributed by atoms with Gasteiger partial charge in [-0.1, -0.05) is 0 Å². The van der Waals surface area contributed by atoms with Crippen molar-refractivity contribution in [2.24, 2.45) is 0 Å². The molecule has 0 atom stereocenters. The summed E-state index contributed by atoms with van der Waals surface area (Å²) in [5, 5.41) is 8.62. The number of methoxy groups -OCH3 is 1. The van der Waals surface area contributed by atoms with Crippen LogP contribution in [0.2, 0.25) is 0 Å². The van der Waals surface area contributed by atoms with E-state index in [1.165, 1.54) is 12.8 Å². The number of nitrogens with zero attached hydrogens (tertiary/aromatic N) is 3. The molecule has 2 aromatic rings. The number of rotatable bonds is 3. The molecular formula is C15H18N4O. The lowest BCUT2D eigenvalue weighted by molar-refractivity contribution is 0.417. The summed E-state index contributed by atoms with van der Waals surface area (Å²) in [7, 11) is 1.61. The number of benzene rings is 1. The normalized spacial score (nSPS) is 14.6. The second-order valence-corrected chi connectivity index (χ2v) is 4.93. The number of nitrogens with two attached hydrogens (primary N) is 1. The van der Waals surface area contributed by atoms with Crippen LogP contribution >= 0.6 is 0 Å². The first kappa shape index (κ1) is 12.7. The smallest absolute Gasteiger partial charge is 0.151 e. The summed E-state index contributed by atoms with van der Waals surface area (Å²) >= 11 is 0. The van der Waals surface area contributed by atoms with Crippen molar-refractivity contribution in [1.82, 2.24) is 10.2 Å². The van der Waals surface area contributed by atoms with Crippen molar-refractivity contribution in [3.63, 3.8) is 0 Å². The minimum Gasteiger partial charge on any atom is -0.495 e. The first-order chi connectivity index (χ1) is 9.78. The van der Waals surface area contributed by atoms with Gasteiger partial charge in [-0.15, -0.1) is 10.2 Å². The topological polar surface area (TPSA) is 64.3 Å². The van der Waals surface area contributed by atoms with E-state index in [1.807, 2.05) is 30.3 Å². The maximum atomic E-state index is 5.92. The Labute approximate surface area is 118 Å². The maximum Gasteiger partial charge on any atom is 0.151 e. The van der Waals surface area contributed by atoms with Crippen molar-refractivity contribution in [3.05, 3.63) is 30.3 Å². The molecule has 2 N–H and O–H groups in total. The fraction of sp³-hybridized carbons (Fsp3) is 0.333. The molecule has 0 unspecified atom stereocenters. The molecule has 3 rings (SSSR count). The molecule has 1 aliphatic heterocycles. The fourth-order valence-electron chi connectivity index (χ4n) is 2.49. The molecule has 104 valence electrons. The van der Waals surface area contributed by atoms with Gasteiger partial charge in [0.25, 0.3) is 0 Å². The minimum atomic E-state index is 0.607. The summed E-state index contributed by atoms with van der Waals surface area (Å²) in [5.41, 5.74) is 8.29. The Bertz CT molecular complexity index is 591. The summed E-state index contributed by atoms with van der Waals surface area (Å²) in [5.74, 6) is 1.63. The molecule has 20 heavy (non-hydrogen) atoms. The molecular weight excluding hydrogens is 252 g/mol. The number of nitrogen functional groups attached to an aromatic ring is 1. The molecule has 5 nitrogen and oxygen atoms in total. The summed E-state index contributed by atoms with van der Waals surface area (Å²) in [6.45, 7) is 2.15. The van der Waals surface area contributed by atoms with Crippen LogP contribution in [0.25, 0.3) is 11.3 Å². The molecule has 0 bridgehead atoms. The van der Waals surface area contributed by atoms with Crippen molar-refractivity contribution in [3.8, 4) is 17.0 Å². The highest BCUT2D eigenvalue weighted by molar-refractivity contribution is 5.68. The van der Waals surface area contributed by atoms with E-state index in [2.05, 4.69) is 15.1 Å². The Balaban J connectivity index is 1.85. The standard InChI is InChI=1S/C15H18N4O/c1-20-14-6-4-11(10-12(14)16)13-5-7-15(18-17-13)19-8-2-3-9-19/h4-7,10H,2-3,8-9,16H2,1H3. The van der Waals surface area contributed by atoms with E-state index >= 15 is 0 Å². The van der Waals surface area contributed by atoms with Gasteiger partial charge in [0.05, 0.1) is 18.5 Å². The van der Waals surface area contributed by atoms with Gasteiger partial charge in [-0.25, -0.2) is 0 Å². The third-order valence-corrected chi connectivity index (χ3v) is 3.61. The Kier molecular flexibility index (Phi) is 3.41. The average molecular weight is 270 g/mol. The summed E-state index contributed by atoms with van der Waals surface area (Å²) in [4.78, 5) is 2.26. The quantitative estimate of drug-likeness (QED) is 0.867. The maximum absolute atomic E-state index is 5.92. The van der Waals surface area contributed by atoms with Crippen molar-refractivity contribution in [2.45, 2.75) is 12.8 Å². The Morgan fingerprint density at radius 1 is 1.10 bits per heavy atom. The zero-order chi connectivity index (χ0) is 13.9. The van der Waals surface area contributed by atoms with E-state index < -0.39 is 0 Å². The highest BCUT2D eigenvalue weighted by Gasteiger charge is 2.14. The average Bonchev–Trinajstić information content (AvgIpc) is 3.01. The largest absolute Gasteiger partial charge is 0.495 e. The predicted octanol–water partition coefficient (Wildman–Crippen LogP) is 2.33. The molecule has 0 amide bonds. The molecule has 1 saturated heterocycles. The second kappa shape index (κ2) is 5.36.